The summed E-state index contributed by atoms with van der Waals surface area (Å²) >= 11 is 0. The summed E-state index contributed by atoms with van der Waals surface area (Å²) in [5.74, 6) is -0.518. The van der Waals surface area contributed by atoms with Crippen molar-refractivity contribution in [2.24, 2.45) is 11.0 Å². The highest BCUT2D eigenvalue weighted by Crippen LogP contribution is 2.33. The van der Waals surface area contributed by atoms with Crippen molar-refractivity contribution < 1.29 is 32.3 Å². The van der Waals surface area contributed by atoms with Crippen LogP contribution in [-0.4, -0.2) is 41.2 Å². The van der Waals surface area contributed by atoms with E-state index in [9.17, 15) is 18.4 Å². The minimum absolute atomic E-state index is 0.0795. The number of hydrazone groups is 1. The monoisotopic (exact) mass is 498 g/mol. The van der Waals surface area contributed by atoms with Crippen LogP contribution in [0.15, 0.2) is 64.6 Å². The van der Waals surface area contributed by atoms with Gasteiger partial charge in [-0.2, -0.15) is 13.9 Å². The number of nitrogens with zero attached hydrogens (tertiary/aromatic N) is 3. The molecule has 2 aromatic carbocycles. The van der Waals surface area contributed by atoms with E-state index in [1.165, 1.54) is 30.8 Å². The third-order valence-electron chi connectivity index (χ3n) is 5.69. The zero-order valence-corrected chi connectivity index (χ0v) is 19.6. The van der Waals surface area contributed by atoms with Gasteiger partial charge in [-0.25, -0.2) is 9.99 Å². The maximum absolute atomic E-state index is 12.8. The SMILES string of the molecule is CCC1CC(=O)N(Cc2ccc(NC(=O)c3cnco3)cc2)N=C1c1ccc(OC(F)F)c(OC)c1. The van der Waals surface area contributed by atoms with E-state index in [0.717, 1.165) is 5.56 Å². The Labute approximate surface area is 205 Å². The van der Waals surface area contributed by atoms with E-state index in [1.807, 2.05) is 6.92 Å². The van der Waals surface area contributed by atoms with Gasteiger partial charge in [-0.15, -0.1) is 0 Å². The summed E-state index contributed by atoms with van der Waals surface area (Å²) in [7, 11) is 1.37. The topological polar surface area (TPSA) is 106 Å². The average molecular weight is 498 g/mol. The molecule has 1 aliphatic rings. The molecule has 1 unspecified atom stereocenters. The summed E-state index contributed by atoms with van der Waals surface area (Å²) in [6.45, 7) is -0.797. The molecule has 1 aliphatic heterocycles. The van der Waals surface area contributed by atoms with Gasteiger partial charge < -0.3 is 19.2 Å². The molecule has 2 amide bonds. The summed E-state index contributed by atoms with van der Waals surface area (Å²) in [5.41, 5.74) is 2.68. The van der Waals surface area contributed by atoms with Crippen LogP contribution in [0.2, 0.25) is 0 Å². The highest BCUT2D eigenvalue weighted by Gasteiger charge is 2.30. The Morgan fingerprint density at radius 3 is 2.64 bits per heavy atom. The first kappa shape index (κ1) is 24.8. The second-order valence-electron chi connectivity index (χ2n) is 8.01. The summed E-state index contributed by atoms with van der Waals surface area (Å²) < 4.78 is 40.1. The smallest absolute Gasteiger partial charge is 0.387 e. The number of oxazole rings is 1. The first-order chi connectivity index (χ1) is 17.4. The summed E-state index contributed by atoms with van der Waals surface area (Å²) in [4.78, 5) is 28.6. The molecule has 0 fully saturated rings. The van der Waals surface area contributed by atoms with E-state index in [4.69, 9.17) is 9.15 Å². The molecule has 1 atom stereocenters. The molecule has 0 saturated carbocycles. The standard InChI is InChI=1S/C25H24F2N4O5/c1-3-16-11-22(32)31(30-23(16)17-6-9-19(36-25(26)27)20(10-17)34-2)13-15-4-7-18(8-5-15)29-24(33)21-12-28-14-35-21/h4-10,12,14,16,25H,3,11,13H2,1-2H3,(H,29,33). The van der Waals surface area contributed by atoms with Gasteiger partial charge >= 0.3 is 6.61 Å². The Morgan fingerprint density at radius 2 is 2.00 bits per heavy atom. The highest BCUT2D eigenvalue weighted by molar-refractivity contribution is 6.06. The predicted molar refractivity (Wildman–Crippen MR) is 126 cm³/mol. The molecule has 0 radical (unpaired) electrons. The van der Waals surface area contributed by atoms with Crippen molar-refractivity contribution in [3.05, 3.63) is 71.9 Å². The van der Waals surface area contributed by atoms with Crippen LogP contribution in [0.3, 0.4) is 0 Å². The fourth-order valence-electron chi connectivity index (χ4n) is 3.84. The number of amides is 2. The number of hydrogen-bond acceptors (Lipinski definition) is 7. The molecule has 0 bridgehead atoms. The zero-order valence-electron chi connectivity index (χ0n) is 19.6. The summed E-state index contributed by atoms with van der Waals surface area (Å²) in [6.07, 6.45) is 3.43. The Morgan fingerprint density at radius 1 is 1.22 bits per heavy atom. The normalized spacial score (nSPS) is 15.6. The molecule has 0 spiro atoms. The van der Waals surface area contributed by atoms with Gasteiger partial charge in [0.25, 0.3) is 5.91 Å². The Bertz CT molecular complexity index is 1250. The van der Waals surface area contributed by atoms with Crippen LogP contribution < -0.4 is 14.8 Å². The molecular formula is C25H24F2N4O5. The second-order valence-corrected chi connectivity index (χ2v) is 8.01. The Kier molecular flexibility index (Phi) is 7.57. The van der Waals surface area contributed by atoms with E-state index < -0.39 is 12.5 Å². The van der Waals surface area contributed by atoms with Gasteiger partial charge in [0, 0.05) is 23.6 Å². The largest absolute Gasteiger partial charge is 0.493 e. The van der Waals surface area contributed by atoms with Crippen molar-refractivity contribution in [1.82, 2.24) is 9.99 Å². The van der Waals surface area contributed by atoms with Gasteiger partial charge in [-0.1, -0.05) is 19.1 Å². The number of alkyl halides is 2. The number of methoxy groups -OCH3 is 1. The van der Waals surface area contributed by atoms with Crippen LogP contribution in [0, 0.1) is 5.92 Å². The lowest BCUT2D eigenvalue weighted by molar-refractivity contribution is -0.133. The number of aromatic nitrogens is 1. The molecule has 3 aromatic rings. The third kappa shape index (κ3) is 5.68. The molecule has 0 saturated heterocycles. The maximum Gasteiger partial charge on any atom is 0.387 e. The molecule has 0 aliphatic carbocycles. The number of benzene rings is 2. The minimum Gasteiger partial charge on any atom is -0.493 e. The van der Waals surface area contributed by atoms with E-state index in [0.29, 0.717) is 23.4 Å². The second kappa shape index (κ2) is 11.0. The molecule has 1 aromatic heterocycles. The number of rotatable bonds is 9. The van der Waals surface area contributed by atoms with Gasteiger partial charge in [0.05, 0.1) is 25.6 Å². The molecule has 188 valence electrons. The van der Waals surface area contributed by atoms with Gasteiger partial charge in [0.1, 0.15) is 0 Å². The lowest BCUT2D eigenvalue weighted by atomic mass is 9.89. The van der Waals surface area contributed by atoms with E-state index in [2.05, 4.69) is 20.1 Å². The van der Waals surface area contributed by atoms with Crippen LogP contribution in [0.25, 0.3) is 0 Å². The minimum atomic E-state index is -2.98. The molecule has 4 rings (SSSR count). The van der Waals surface area contributed by atoms with Crippen molar-refractivity contribution in [2.45, 2.75) is 32.9 Å². The Hall–Kier alpha value is -4.28. The molecule has 9 nitrogen and oxygen atoms in total. The van der Waals surface area contributed by atoms with Crippen LogP contribution >= 0.6 is 0 Å². The maximum atomic E-state index is 12.8. The number of ether oxygens (including phenoxy) is 2. The lowest BCUT2D eigenvalue weighted by Gasteiger charge is -2.29. The predicted octanol–water partition coefficient (Wildman–Crippen LogP) is 4.70. The van der Waals surface area contributed by atoms with Crippen molar-refractivity contribution in [2.75, 3.05) is 12.4 Å². The van der Waals surface area contributed by atoms with Crippen molar-refractivity contribution >= 4 is 23.2 Å². The van der Waals surface area contributed by atoms with E-state index >= 15 is 0 Å². The van der Waals surface area contributed by atoms with Gasteiger partial charge in [0.2, 0.25) is 11.7 Å². The van der Waals surface area contributed by atoms with Crippen molar-refractivity contribution in [1.29, 1.82) is 0 Å². The van der Waals surface area contributed by atoms with Gasteiger partial charge in [-0.3, -0.25) is 9.59 Å². The van der Waals surface area contributed by atoms with Crippen LogP contribution in [0.1, 0.15) is 41.4 Å². The number of carbonyl (C=O) groups excluding carboxylic acids is 2. The van der Waals surface area contributed by atoms with E-state index in [-0.39, 0.29) is 42.0 Å². The average Bonchev–Trinajstić information content (AvgIpc) is 3.41. The fraction of sp³-hybridized carbons (Fsp3) is 0.280. The third-order valence-corrected chi connectivity index (χ3v) is 5.69. The first-order valence-electron chi connectivity index (χ1n) is 11.2. The number of halogens is 2. The number of anilines is 1. The molecule has 36 heavy (non-hydrogen) atoms. The lowest BCUT2D eigenvalue weighted by Crippen LogP contribution is -2.36. The molecule has 11 heteroatoms. The van der Waals surface area contributed by atoms with Crippen LogP contribution in [0.5, 0.6) is 11.5 Å². The Balaban J connectivity index is 1.53. The summed E-state index contributed by atoms with van der Waals surface area (Å²) in [5, 5.41) is 8.71. The highest BCUT2D eigenvalue weighted by atomic mass is 19.3. The van der Waals surface area contributed by atoms with Gasteiger partial charge in [0.15, 0.2) is 17.9 Å². The van der Waals surface area contributed by atoms with Crippen molar-refractivity contribution in [3.63, 3.8) is 0 Å². The summed E-state index contributed by atoms with van der Waals surface area (Å²) in [6, 6.07) is 11.6. The number of nitrogens with one attached hydrogen (secondary N) is 1. The number of carbonyl (C=O) groups is 2. The molecular weight excluding hydrogens is 474 g/mol. The van der Waals surface area contributed by atoms with Gasteiger partial charge in [-0.05, 0) is 42.3 Å². The quantitative estimate of drug-likeness (QED) is 0.458. The first-order valence-corrected chi connectivity index (χ1v) is 11.2. The number of hydrogen-bond donors (Lipinski definition) is 1. The fourth-order valence-corrected chi connectivity index (χ4v) is 3.84. The molecule has 2 heterocycles. The van der Waals surface area contributed by atoms with Crippen LogP contribution in [-0.2, 0) is 11.3 Å². The molecule has 1 N–H and O–H groups in total. The zero-order chi connectivity index (χ0) is 25.7. The van der Waals surface area contributed by atoms with E-state index in [1.54, 1.807) is 36.4 Å². The van der Waals surface area contributed by atoms with Crippen molar-refractivity contribution in [3.8, 4) is 11.5 Å². The van der Waals surface area contributed by atoms with Crippen LogP contribution in [0.4, 0.5) is 14.5 Å².